The molecular weight excluding hydrogens is 356 g/mol. The molecule has 0 amide bonds. The van der Waals surface area contributed by atoms with E-state index in [2.05, 4.69) is 70.8 Å². The second kappa shape index (κ2) is 8.68. The van der Waals surface area contributed by atoms with Gasteiger partial charge in [-0.05, 0) is 55.4 Å². The Morgan fingerprint density at radius 2 is 1.93 bits per heavy atom. The summed E-state index contributed by atoms with van der Waals surface area (Å²) < 4.78 is 8.15. The second-order valence-corrected chi connectivity index (χ2v) is 6.82. The van der Waals surface area contributed by atoms with Crippen molar-refractivity contribution < 1.29 is 4.74 Å². The SMILES string of the molecule is CNC(=S)N/N=C/c1cn(CCOc2cc(C)cc(C)c2)c2ccccc12. The molecule has 0 aliphatic rings. The molecule has 0 bridgehead atoms. The van der Waals surface area contributed by atoms with E-state index in [9.17, 15) is 0 Å². The van der Waals surface area contributed by atoms with Crippen molar-refractivity contribution in [2.75, 3.05) is 13.7 Å². The van der Waals surface area contributed by atoms with E-state index in [0.717, 1.165) is 28.8 Å². The predicted molar refractivity (Wildman–Crippen MR) is 116 cm³/mol. The van der Waals surface area contributed by atoms with Crippen molar-refractivity contribution in [1.29, 1.82) is 0 Å². The van der Waals surface area contributed by atoms with Crippen LogP contribution in [0.1, 0.15) is 16.7 Å². The highest BCUT2D eigenvalue weighted by Gasteiger charge is 2.07. The molecule has 0 saturated carbocycles. The number of aryl methyl sites for hydroxylation is 2. The van der Waals surface area contributed by atoms with Crippen molar-refractivity contribution >= 4 is 34.4 Å². The van der Waals surface area contributed by atoms with E-state index < -0.39 is 0 Å². The van der Waals surface area contributed by atoms with Crippen molar-refractivity contribution in [3.63, 3.8) is 0 Å². The lowest BCUT2D eigenvalue weighted by molar-refractivity contribution is 0.300. The molecule has 2 N–H and O–H groups in total. The minimum atomic E-state index is 0.483. The number of aromatic nitrogens is 1. The standard InChI is InChI=1S/C21H24N4OS/c1-15-10-16(2)12-18(11-15)26-9-8-25-14-17(13-23-24-21(27)22-3)19-6-4-5-7-20(19)25/h4-7,10-14H,8-9H2,1-3H3,(H2,22,24,27)/b23-13+. The Labute approximate surface area is 165 Å². The molecule has 0 saturated heterocycles. The first-order valence-electron chi connectivity index (χ1n) is 8.86. The molecule has 3 aromatic rings. The Balaban J connectivity index is 1.73. The summed E-state index contributed by atoms with van der Waals surface area (Å²) in [4.78, 5) is 0. The van der Waals surface area contributed by atoms with Gasteiger partial charge in [-0.1, -0.05) is 24.3 Å². The van der Waals surface area contributed by atoms with Crippen LogP contribution in [-0.4, -0.2) is 29.5 Å². The molecule has 0 aliphatic carbocycles. The maximum Gasteiger partial charge on any atom is 0.186 e. The number of hydrazone groups is 1. The fourth-order valence-corrected chi connectivity index (χ4v) is 3.11. The van der Waals surface area contributed by atoms with Gasteiger partial charge in [-0.2, -0.15) is 5.10 Å². The zero-order valence-electron chi connectivity index (χ0n) is 15.8. The average Bonchev–Trinajstić information content (AvgIpc) is 2.99. The summed E-state index contributed by atoms with van der Waals surface area (Å²) in [6, 6.07) is 14.5. The minimum absolute atomic E-state index is 0.483. The van der Waals surface area contributed by atoms with Crippen molar-refractivity contribution in [2.45, 2.75) is 20.4 Å². The Hall–Kier alpha value is -2.86. The Bertz CT molecular complexity index is 957. The summed E-state index contributed by atoms with van der Waals surface area (Å²) in [5, 5.41) is 8.66. The highest BCUT2D eigenvalue weighted by Crippen LogP contribution is 2.21. The number of hydrogen-bond acceptors (Lipinski definition) is 3. The lowest BCUT2D eigenvalue weighted by Crippen LogP contribution is -2.28. The fraction of sp³-hybridized carbons (Fsp3) is 0.238. The van der Waals surface area contributed by atoms with Gasteiger partial charge in [-0.15, -0.1) is 0 Å². The van der Waals surface area contributed by atoms with Crippen LogP contribution in [0.25, 0.3) is 10.9 Å². The number of benzene rings is 2. The van der Waals surface area contributed by atoms with Crippen molar-refractivity contribution in [3.8, 4) is 5.75 Å². The summed E-state index contributed by atoms with van der Waals surface area (Å²) in [6.07, 6.45) is 3.87. The normalized spacial score (nSPS) is 11.1. The van der Waals surface area contributed by atoms with Crippen molar-refractivity contribution in [1.82, 2.24) is 15.3 Å². The number of nitrogens with one attached hydrogen (secondary N) is 2. The zero-order valence-corrected chi connectivity index (χ0v) is 16.6. The molecule has 0 spiro atoms. The highest BCUT2D eigenvalue weighted by atomic mass is 32.1. The van der Waals surface area contributed by atoms with E-state index in [1.54, 1.807) is 13.3 Å². The summed E-state index contributed by atoms with van der Waals surface area (Å²) in [7, 11) is 1.76. The molecule has 0 unspecified atom stereocenters. The molecule has 1 heterocycles. The molecule has 1 aromatic heterocycles. The molecule has 6 heteroatoms. The summed E-state index contributed by atoms with van der Waals surface area (Å²) in [6.45, 7) is 5.52. The molecule has 3 rings (SSSR count). The van der Waals surface area contributed by atoms with Gasteiger partial charge in [0.05, 0.1) is 12.8 Å². The first-order chi connectivity index (χ1) is 13.1. The summed E-state index contributed by atoms with van der Waals surface area (Å²) >= 11 is 5.04. The summed E-state index contributed by atoms with van der Waals surface area (Å²) in [5.41, 5.74) is 7.39. The predicted octanol–water partition coefficient (Wildman–Crippen LogP) is 3.76. The third-order valence-electron chi connectivity index (χ3n) is 4.21. The van der Waals surface area contributed by atoms with E-state index in [4.69, 9.17) is 17.0 Å². The topological polar surface area (TPSA) is 50.6 Å². The van der Waals surface area contributed by atoms with E-state index >= 15 is 0 Å². The van der Waals surface area contributed by atoms with E-state index in [-0.39, 0.29) is 0 Å². The van der Waals surface area contributed by atoms with Crippen molar-refractivity contribution in [3.05, 3.63) is 65.4 Å². The van der Waals surface area contributed by atoms with Gasteiger partial charge in [0.15, 0.2) is 5.11 Å². The van der Waals surface area contributed by atoms with Gasteiger partial charge in [0.25, 0.3) is 0 Å². The van der Waals surface area contributed by atoms with Crippen LogP contribution in [-0.2, 0) is 6.54 Å². The number of hydrogen-bond donors (Lipinski definition) is 2. The number of rotatable bonds is 6. The minimum Gasteiger partial charge on any atom is -0.492 e. The summed E-state index contributed by atoms with van der Waals surface area (Å²) in [5.74, 6) is 0.913. The first kappa shape index (κ1) is 18.9. The average molecular weight is 381 g/mol. The van der Waals surface area contributed by atoms with E-state index in [1.807, 2.05) is 12.1 Å². The molecule has 5 nitrogen and oxygen atoms in total. The van der Waals surface area contributed by atoms with Crippen LogP contribution in [0, 0.1) is 13.8 Å². The van der Waals surface area contributed by atoms with Crippen LogP contribution >= 0.6 is 12.2 Å². The van der Waals surface area contributed by atoms with Gasteiger partial charge in [0, 0.05) is 29.7 Å². The molecule has 140 valence electrons. The Morgan fingerprint density at radius 1 is 1.19 bits per heavy atom. The number of thiocarbonyl (C=S) groups is 1. The lowest BCUT2D eigenvalue weighted by Gasteiger charge is -2.10. The third-order valence-corrected chi connectivity index (χ3v) is 4.51. The van der Waals surface area contributed by atoms with Crippen LogP contribution in [0.2, 0.25) is 0 Å². The molecular formula is C21H24N4OS. The van der Waals surface area contributed by atoms with E-state index in [0.29, 0.717) is 11.7 Å². The molecule has 0 atom stereocenters. The number of nitrogens with zero attached hydrogens (tertiary/aromatic N) is 2. The number of para-hydroxylation sites is 1. The molecule has 0 fully saturated rings. The maximum atomic E-state index is 5.96. The lowest BCUT2D eigenvalue weighted by atomic mass is 10.1. The van der Waals surface area contributed by atoms with Crippen LogP contribution in [0.3, 0.4) is 0 Å². The Morgan fingerprint density at radius 3 is 2.67 bits per heavy atom. The van der Waals surface area contributed by atoms with Crippen LogP contribution in [0.5, 0.6) is 5.75 Å². The zero-order chi connectivity index (χ0) is 19.2. The first-order valence-corrected chi connectivity index (χ1v) is 9.27. The third kappa shape index (κ3) is 4.86. The fourth-order valence-electron chi connectivity index (χ4n) is 3.06. The molecule has 0 radical (unpaired) electrons. The van der Waals surface area contributed by atoms with Crippen LogP contribution in [0.4, 0.5) is 0 Å². The number of ether oxygens (including phenoxy) is 1. The smallest absolute Gasteiger partial charge is 0.186 e. The van der Waals surface area contributed by atoms with Gasteiger partial charge in [-0.3, -0.25) is 5.43 Å². The van der Waals surface area contributed by atoms with E-state index in [1.165, 1.54) is 11.1 Å². The highest BCUT2D eigenvalue weighted by molar-refractivity contribution is 7.80. The molecule has 2 aromatic carbocycles. The Kier molecular flexibility index (Phi) is 6.08. The van der Waals surface area contributed by atoms with Gasteiger partial charge in [-0.25, -0.2) is 0 Å². The maximum absolute atomic E-state index is 5.96. The van der Waals surface area contributed by atoms with Gasteiger partial charge in [0.2, 0.25) is 0 Å². The van der Waals surface area contributed by atoms with Gasteiger partial charge in [0.1, 0.15) is 12.4 Å². The van der Waals surface area contributed by atoms with Crippen LogP contribution in [0.15, 0.2) is 53.8 Å². The second-order valence-electron chi connectivity index (χ2n) is 6.42. The monoisotopic (exact) mass is 380 g/mol. The van der Waals surface area contributed by atoms with Gasteiger partial charge < -0.3 is 14.6 Å². The van der Waals surface area contributed by atoms with Gasteiger partial charge >= 0.3 is 0 Å². The largest absolute Gasteiger partial charge is 0.492 e. The quantitative estimate of drug-likeness (QED) is 0.388. The number of fused-ring (bicyclic) bond motifs is 1. The van der Waals surface area contributed by atoms with Crippen LogP contribution < -0.4 is 15.5 Å². The molecule has 27 heavy (non-hydrogen) atoms. The van der Waals surface area contributed by atoms with Crippen molar-refractivity contribution in [2.24, 2.45) is 5.10 Å². The molecule has 0 aliphatic heterocycles.